The topological polar surface area (TPSA) is 46.2 Å². The van der Waals surface area contributed by atoms with E-state index < -0.39 is 10.0 Å². The van der Waals surface area contributed by atoms with Crippen LogP contribution in [-0.4, -0.2) is 8.42 Å². The molecule has 0 bridgehead atoms. The van der Waals surface area contributed by atoms with E-state index in [1.807, 2.05) is 30.3 Å². The molecule has 0 atom stereocenters. The van der Waals surface area contributed by atoms with Crippen molar-refractivity contribution in [3.63, 3.8) is 0 Å². The minimum Gasteiger partial charge on any atom is -0.278 e. The summed E-state index contributed by atoms with van der Waals surface area (Å²) in [5.74, 6) is 0. The summed E-state index contributed by atoms with van der Waals surface area (Å²) < 4.78 is 27.4. The highest BCUT2D eigenvalue weighted by Gasteiger charge is 2.27. The van der Waals surface area contributed by atoms with E-state index >= 15 is 0 Å². The number of benzene rings is 2. The summed E-state index contributed by atoms with van der Waals surface area (Å²) in [5, 5.41) is 0. The molecule has 1 N–H and O–H groups in total. The fourth-order valence-corrected chi connectivity index (χ4v) is 3.89. The Labute approximate surface area is 108 Å². The predicted molar refractivity (Wildman–Crippen MR) is 70.4 cm³/mol. The van der Waals surface area contributed by atoms with Crippen molar-refractivity contribution in [3.8, 4) is 11.1 Å². The van der Waals surface area contributed by atoms with Crippen LogP contribution in [0.4, 0.5) is 5.69 Å². The van der Waals surface area contributed by atoms with E-state index in [2.05, 4.69) is 20.7 Å². The van der Waals surface area contributed by atoms with Gasteiger partial charge in [-0.25, -0.2) is 8.42 Å². The van der Waals surface area contributed by atoms with Gasteiger partial charge in [-0.05, 0) is 28.1 Å². The van der Waals surface area contributed by atoms with Gasteiger partial charge in [-0.3, -0.25) is 4.72 Å². The van der Waals surface area contributed by atoms with Gasteiger partial charge in [-0.1, -0.05) is 30.3 Å². The van der Waals surface area contributed by atoms with Gasteiger partial charge in [0.1, 0.15) is 0 Å². The van der Waals surface area contributed by atoms with Crippen LogP contribution in [0.5, 0.6) is 0 Å². The Morgan fingerprint density at radius 3 is 2.47 bits per heavy atom. The SMILES string of the molecule is O=S1(=O)Nc2c(Br)cccc2-c2ccccc21. The summed E-state index contributed by atoms with van der Waals surface area (Å²) >= 11 is 3.36. The van der Waals surface area contributed by atoms with Crippen LogP contribution in [0.15, 0.2) is 51.8 Å². The molecule has 0 aromatic heterocycles. The van der Waals surface area contributed by atoms with Crippen LogP contribution >= 0.6 is 15.9 Å². The van der Waals surface area contributed by atoms with Crippen LogP contribution < -0.4 is 4.72 Å². The van der Waals surface area contributed by atoms with Crippen molar-refractivity contribution in [3.05, 3.63) is 46.9 Å². The number of anilines is 1. The zero-order valence-corrected chi connectivity index (χ0v) is 11.0. The largest absolute Gasteiger partial charge is 0.278 e. The van der Waals surface area contributed by atoms with Crippen molar-refractivity contribution < 1.29 is 8.42 Å². The zero-order chi connectivity index (χ0) is 12.0. The number of rotatable bonds is 0. The van der Waals surface area contributed by atoms with Crippen molar-refractivity contribution >= 4 is 31.6 Å². The molecule has 0 unspecified atom stereocenters. The molecule has 0 spiro atoms. The Morgan fingerprint density at radius 1 is 0.941 bits per heavy atom. The molecule has 0 fully saturated rings. The van der Waals surface area contributed by atoms with E-state index in [1.54, 1.807) is 12.1 Å². The van der Waals surface area contributed by atoms with E-state index in [1.165, 1.54) is 0 Å². The van der Waals surface area contributed by atoms with Crippen molar-refractivity contribution in [2.75, 3.05) is 4.72 Å². The van der Waals surface area contributed by atoms with Gasteiger partial charge in [-0.2, -0.15) is 0 Å². The highest BCUT2D eigenvalue weighted by atomic mass is 79.9. The van der Waals surface area contributed by atoms with Crippen LogP contribution in [0.2, 0.25) is 0 Å². The lowest BCUT2D eigenvalue weighted by molar-refractivity contribution is 0.601. The number of hydrogen-bond donors (Lipinski definition) is 1. The first-order valence-corrected chi connectivity index (χ1v) is 7.28. The third kappa shape index (κ3) is 1.57. The Morgan fingerprint density at radius 2 is 1.65 bits per heavy atom. The minimum absolute atomic E-state index is 0.325. The molecule has 3 rings (SSSR count). The maximum Gasteiger partial charge on any atom is 0.262 e. The molecular formula is C12H8BrNO2S. The lowest BCUT2D eigenvalue weighted by atomic mass is 10.0. The number of sulfonamides is 1. The molecule has 0 saturated carbocycles. The van der Waals surface area contributed by atoms with Crippen LogP contribution in [0.25, 0.3) is 11.1 Å². The second-order valence-corrected chi connectivity index (χ2v) is 6.27. The Hall–Kier alpha value is -1.33. The molecule has 1 aliphatic rings. The lowest BCUT2D eigenvalue weighted by Crippen LogP contribution is -2.19. The second kappa shape index (κ2) is 3.58. The number of fused-ring (bicyclic) bond motifs is 3. The van der Waals surface area contributed by atoms with Gasteiger partial charge in [0.2, 0.25) is 0 Å². The van der Waals surface area contributed by atoms with E-state index in [4.69, 9.17) is 0 Å². The van der Waals surface area contributed by atoms with Crippen molar-refractivity contribution in [2.45, 2.75) is 4.90 Å². The van der Waals surface area contributed by atoms with Crippen molar-refractivity contribution in [2.24, 2.45) is 0 Å². The number of para-hydroxylation sites is 1. The first-order chi connectivity index (χ1) is 8.09. The predicted octanol–water partition coefficient (Wildman–Crippen LogP) is 3.23. The summed E-state index contributed by atoms with van der Waals surface area (Å²) in [6.45, 7) is 0. The third-order valence-corrected chi connectivity index (χ3v) is 4.79. The molecule has 5 heteroatoms. The van der Waals surface area contributed by atoms with Crippen molar-refractivity contribution in [1.29, 1.82) is 0 Å². The van der Waals surface area contributed by atoms with Gasteiger partial charge in [0.15, 0.2) is 0 Å². The summed E-state index contributed by atoms with van der Waals surface area (Å²) in [5.41, 5.74) is 2.23. The summed E-state index contributed by atoms with van der Waals surface area (Å²) in [7, 11) is -3.46. The molecule has 1 aliphatic heterocycles. The smallest absolute Gasteiger partial charge is 0.262 e. The van der Waals surface area contributed by atoms with Crippen LogP contribution in [0.1, 0.15) is 0 Å². The fraction of sp³-hybridized carbons (Fsp3) is 0. The molecule has 0 saturated heterocycles. The summed E-state index contributed by atoms with van der Waals surface area (Å²) in [6, 6.07) is 12.6. The summed E-state index contributed by atoms with van der Waals surface area (Å²) in [4.78, 5) is 0.325. The van der Waals surface area contributed by atoms with Gasteiger partial charge < -0.3 is 0 Å². The van der Waals surface area contributed by atoms with E-state index in [0.29, 0.717) is 10.6 Å². The molecule has 2 aromatic carbocycles. The average Bonchev–Trinajstić information content (AvgIpc) is 2.31. The van der Waals surface area contributed by atoms with Crippen LogP contribution in [0, 0.1) is 0 Å². The minimum atomic E-state index is -3.46. The monoisotopic (exact) mass is 309 g/mol. The Balaban J connectivity index is 2.44. The molecule has 0 aliphatic carbocycles. The molecule has 2 aromatic rings. The fourth-order valence-electron chi connectivity index (χ4n) is 1.97. The number of hydrogen-bond acceptors (Lipinski definition) is 2. The molecular weight excluding hydrogens is 302 g/mol. The van der Waals surface area contributed by atoms with Crippen molar-refractivity contribution in [1.82, 2.24) is 0 Å². The Bertz CT molecular complexity index is 710. The molecule has 3 nitrogen and oxygen atoms in total. The maximum absolute atomic E-state index is 12.1. The van der Waals surface area contributed by atoms with Crippen LogP contribution in [-0.2, 0) is 10.0 Å². The lowest BCUT2D eigenvalue weighted by Gasteiger charge is -2.22. The number of nitrogens with one attached hydrogen (secondary N) is 1. The highest BCUT2D eigenvalue weighted by Crippen LogP contribution is 2.42. The highest BCUT2D eigenvalue weighted by molar-refractivity contribution is 9.10. The first-order valence-electron chi connectivity index (χ1n) is 5.00. The van der Waals surface area contributed by atoms with Gasteiger partial charge in [0.25, 0.3) is 10.0 Å². The van der Waals surface area contributed by atoms with Gasteiger partial charge in [0, 0.05) is 15.6 Å². The van der Waals surface area contributed by atoms with E-state index in [0.717, 1.165) is 15.6 Å². The normalized spacial score (nSPS) is 15.6. The molecule has 0 radical (unpaired) electrons. The molecule has 86 valence electrons. The second-order valence-electron chi connectivity index (χ2n) is 3.76. The quantitative estimate of drug-likeness (QED) is 0.812. The Kier molecular flexibility index (Phi) is 2.27. The van der Waals surface area contributed by atoms with Gasteiger partial charge in [-0.15, -0.1) is 0 Å². The number of halogens is 1. The van der Waals surface area contributed by atoms with Gasteiger partial charge in [0.05, 0.1) is 10.6 Å². The average molecular weight is 310 g/mol. The standard InChI is InChI=1S/C12H8BrNO2S/c13-10-6-3-5-9-8-4-1-2-7-11(8)17(15,16)14-12(9)10/h1-7,14H. The van der Waals surface area contributed by atoms with E-state index in [-0.39, 0.29) is 0 Å². The first kappa shape index (κ1) is 10.8. The molecule has 1 heterocycles. The maximum atomic E-state index is 12.1. The zero-order valence-electron chi connectivity index (χ0n) is 8.64. The van der Waals surface area contributed by atoms with Gasteiger partial charge >= 0.3 is 0 Å². The van der Waals surface area contributed by atoms with Crippen LogP contribution in [0.3, 0.4) is 0 Å². The summed E-state index contributed by atoms with van der Waals surface area (Å²) in [6.07, 6.45) is 0. The molecule has 0 amide bonds. The third-order valence-electron chi connectivity index (χ3n) is 2.72. The van der Waals surface area contributed by atoms with E-state index in [9.17, 15) is 8.42 Å². The molecule has 17 heavy (non-hydrogen) atoms.